The summed E-state index contributed by atoms with van der Waals surface area (Å²) in [4.78, 5) is 0. The van der Waals surface area contributed by atoms with Gasteiger partial charge in [0.1, 0.15) is 0 Å². The molecule has 0 amide bonds. The summed E-state index contributed by atoms with van der Waals surface area (Å²) in [6, 6.07) is 0. The number of hydrogen-bond acceptors (Lipinski definition) is 2. The Morgan fingerprint density at radius 1 is 0.867 bits per heavy atom. The molecule has 0 aromatic heterocycles. The maximum absolute atomic E-state index is 2.52. The van der Waals surface area contributed by atoms with Crippen LogP contribution in [0.15, 0.2) is 24.3 Å². The van der Waals surface area contributed by atoms with E-state index in [9.17, 15) is 0 Å². The molecule has 0 radical (unpaired) electrons. The standard InChI is InChI=1S/C11H24Ge2N2/c1-11-10-14(12(2,3)4)8-9-15(11)13(5,6)7/h8-10H,1-7H3. The molecule has 0 unspecified atom stereocenters. The third-order valence-corrected chi connectivity index (χ3v) is 10.5. The van der Waals surface area contributed by atoms with Crippen molar-refractivity contribution in [2.24, 2.45) is 0 Å². The molecule has 86 valence electrons. The summed E-state index contributed by atoms with van der Waals surface area (Å²) >= 11 is -3.44. The predicted octanol–water partition coefficient (Wildman–Crippen LogP) is 3.61. The molecule has 0 fully saturated rings. The summed E-state index contributed by atoms with van der Waals surface area (Å²) in [7, 11) is 0. The van der Waals surface area contributed by atoms with Crippen molar-refractivity contribution in [3.8, 4) is 0 Å². The molecule has 0 spiro atoms. The van der Waals surface area contributed by atoms with Crippen LogP contribution in [0.5, 0.6) is 0 Å². The molecular formula is C11H24Ge2N2. The van der Waals surface area contributed by atoms with Crippen molar-refractivity contribution in [2.75, 3.05) is 0 Å². The van der Waals surface area contributed by atoms with Crippen molar-refractivity contribution in [3.05, 3.63) is 24.3 Å². The van der Waals surface area contributed by atoms with Gasteiger partial charge in [-0.3, -0.25) is 0 Å². The monoisotopic (exact) mass is 332 g/mol. The fourth-order valence-electron chi connectivity index (χ4n) is 1.73. The first-order valence-corrected chi connectivity index (χ1v) is 20.0. The molecule has 0 atom stereocenters. The summed E-state index contributed by atoms with van der Waals surface area (Å²) in [5.41, 5.74) is 1.42. The summed E-state index contributed by atoms with van der Waals surface area (Å²) in [5, 5.41) is 0. The molecule has 0 aromatic carbocycles. The van der Waals surface area contributed by atoms with Crippen LogP contribution in [0.1, 0.15) is 6.92 Å². The molecule has 4 heteroatoms. The van der Waals surface area contributed by atoms with Gasteiger partial charge in [0, 0.05) is 0 Å². The normalized spacial score (nSPS) is 18.2. The Bertz CT molecular complexity index is 295. The predicted molar refractivity (Wildman–Crippen MR) is 73.3 cm³/mol. The van der Waals surface area contributed by atoms with Crippen LogP contribution in [-0.2, 0) is 0 Å². The van der Waals surface area contributed by atoms with Gasteiger partial charge in [-0.05, 0) is 0 Å². The van der Waals surface area contributed by atoms with Crippen molar-refractivity contribution in [2.45, 2.75) is 41.5 Å². The van der Waals surface area contributed by atoms with Crippen molar-refractivity contribution < 1.29 is 0 Å². The average Bonchev–Trinajstić information content (AvgIpc) is 1.99. The molecule has 2 nitrogen and oxygen atoms in total. The molecule has 1 aliphatic rings. The number of allylic oxidation sites excluding steroid dienone is 1. The summed E-state index contributed by atoms with van der Waals surface area (Å²) in [6.45, 7) is 2.24. The van der Waals surface area contributed by atoms with Crippen LogP contribution in [0, 0.1) is 0 Å². The zero-order chi connectivity index (χ0) is 11.9. The van der Waals surface area contributed by atoms with Crippen molar-refractivity contribution >= 4 is 27.0 Å². The second-order valence-corrected chi connectivity index (χ2v) is 26.5. The first kappa shape index (κ1) is 13.2. The van der Waals surface area contributed by atoms with Crippen LogP contribution in [-0.4, -0.2) is 34.7 Å². The molecule has 15 heavy (non-hydrogen) atoms. The second-order valence-electron chi connectivity index (χ2n) is 6.19. The summed E-state index contributed by atoms with van der Waals surface area (Å²) in [6.07, 6.45) is 6.92. The molecule has 1 rings (SSSR count). The Morgan fingerprint density at radius 2 is 1.40 bits per heavy atom. The van der Waals surface area contributed by atoms with Crippen LogP contribution >= 0.6 is 0 Å². The third-order valence-electron chi connectivity index (χ3n) is 2.58. The fourth-order valence-corrected chi connectivity index (χ4v) is 7.43. The molecule has 0 aromatic rings. The van der Waals surface area contributed by atoms with E-state index in [0.29, 0.717) is 0 Å². The van der Waals surface area contributed by atoms with E-state index in [2.05, 4.69) is 67.8 Å². The van der Waals surface area contributed by atoms with Gasteiger partial charge in [0.15, 0.2) is 0 Å². The summed E-state index contributed by atoms with van der Waals surface area (Å²) in [5.74, 6) is 14.5. The Balaban J connectivity index is 2.90. The molecule has 0 bridgehead atoms. The van der Waals surface area contributed by atoms with Crippen LogP contribution < -0.4 is 0 Å². The SMILES string of the molecule is CC1=C[N]([Ge]([CH3])([CH3])[CH3])C=C[N]1[Ge]([CH3])([CH3])[CH3]. The Kier molecular flexibility index (Phi) is 3.71. The number of rotatable bonds is 2. The molecule has 0 saturated carbocycles. The Morgan fingerprint density at radius 3 is 1.73 bits per heavy atom. The maximum atomic E-state index is 2.52. The molecular weight excluding hydrogens is 305 g/mol. The third kappa shape index (κ3) is 3.31. The topological polar surface area (TPSA) is 6.48 Å². The van der Waals surface area contributed by atoms with Gasteiger partial charge in [0.2, 0.25) is 0 Å². The first-order chi connectivity index (χ1) is 6.62. The molecule has 0 N–H and O–H groups in total. The van der Waals surface area contributed by atoms with E-state index < -0.39 is 27.0 Å². The molecule has 0 aliphatic carbocycles. The van der Waals surface area contributed by atoms with Crippen LogP contribution in [0.4, 0.5) is 0 Å². The van der Waals surface area contributed by atoms with Crippen LogP contribution in [0.2, 0.25) is 34.5 Å². The number of nitrogens with zero attached hydrogens (tertiary/aromatic N) is 2. The molecule has 1 aliphatic heterocycles. The van der Waals surface area contributed by atoms with E-state index >= 15 is 0 Å². The van der Waals surface area contributed by atoms with E-state index in [4.69, 9.17) is 0 Å². The van der Waals surface area contributed by atoms with Crippen LogP contribution in [0.3, 0.4) is 0 Å². The van der Waals surface area contributed by atoms with Gasteiger partial charge >= 0.3 is 100 Å². The first-order valence-electron chi connectivity index (χ1n) is 5.57. The van der Waals surface area contributed by atoms with Gasteiger partial charge < -0.3 is 0 Å². The fraction of sp³-hybridized carbons (Fsp3) is 0.636. The zero-order valence-corrected chi connectivity index (χ0v) is 15.3. The number of hydrogen-bond donors (Lipinski definition) is 0. The van der Waals surface area contributed by atoms with Crippen molar-refractivity contribution in [3.63, 3.8) is 0 Å². The van der Waals surface area contributed by atoms with Gasteiger partial charge in [-0.25, -0.2) is 0 Å². The van der Waals surface area contributed by atoms with Gasteiger partial charge in [-0.1, -0.05) is 0 Å². The summed E-state index contributed by atoms with van der Waals surface area (Å²) < 4.78 is 4.99. The van der Waals surface area contributed by atoms with E-state index in [1.165, 1.54) is 5.70 Å². The van der Waals surface area contributed by atoms with Gasteiger partial charge in [0.05, 0.1) is 0 Å². The van der Waals surface area contributed by atoms with Gasteiger partial charge in [-0.15, -0.1) is 0 Å². The van der Waals surface area contributed by atoms with E-state index in [1.807, 2.05) is 0 Å². The van der Waals surface area contributed by atoms with E-state index in [1.54, 1.807) is 0 Å². The minimum absolute atomic E-state index is 1.42. The van der Waals surface area contributed by atoms with E-state index in [-0.39, 0.29) is 0 Å². The molecule has 1 heterocycles. The quantitative estimate of drug-likeness (QED) is 0.714. The van der Waals surface area contributed by atoms with Gasteiger partial charge in [-0.2, -0.15) is 0 Å². The van der Waals surface area contributed by atoms with Gasteiger partial charge in [0.25, 0.3) is 0 Å². The minimum atomic E-state index is -1.73. The van der Waals surface area contributed by atoms with Crippen molar-refractivity contribution in [1.82, 2.24) is 7.71 Å². The second kappa shape index (κ2) is 4.20. The van der Waals surface area contributed by atoms with Crippen LogP contribution in [0.25, 0.3) is 0 Å². The zero-order valence-electron chi connectivity index (χ0n) is 11.1. The van der Waals surface area contributed by atoms with E-state index in [0.717, 1.165) is 0 Å². The van der Waals surface area contributed by atoms with Crippen molar-refractivity contribution in [1.29, 1.82) is 0 Å². The Labute approximate surface area is 100 Å². The average molecular weight is 330 g/mol. The Hall–Kier alpha value is 0.166. The molecule has 0 saturated heterocycles.